The second-order valence-electron chi connectivity index (χ2n) is 28.0. The number of ether oxygens (including phenoxy) is 4. The maximum atomic E-state index is 13.0. The van der Waals surface area contributed by atoms with Gasteiger partial charge in [0.05, 0.1) is 40.3 Å². The number of hydrogen-bond donors (Lipinski definition) is 0. The monoisotopic (exact) mass is 1300 g/mol. The molecule has 0 aliphatic rings. The number of carbonyl (C=O) groups is 3. The number of unbranched alkanes of at least 4 members (excludes halogenated alkanes) is 45. The Morgan fingerprint density at radius 1 is 0.333 bits per heavy atom. The summed E-state index contributed by atoms with van der Waals surface area (Å²) in [5.74, 6) is -2.26. The first-order valence-corrected chi connectivity index (χ1v) is 39.7. The van der Waals surface area contributed by atoms with Gasteiger partial charge in [0, 0.05) is 12.8 Å². The number of carboxylic acids is 1. The predicted octanol–water partition coefficient (Wildman–Crippen LogP) is 24.0. The van der Waals surface area contributed by atoms with Gasteiger partial charge >= 0.3 is 11.9 Å². The van der Waals surface area contributed by atoms with E-state index in [1.807, 2.05) is 21.1 Å². The minimum atomic E-state index is -1.62. The van der Waals surface area contributed by atoms with Gasteiger partial charge in [-0.15, -0.1) is 0 Å². The molecule has 0 N–H and O–H groups in total. The van der Waals surface area contributed by atoms with E-state index in [1.54, 1.807) is 0 Å². The lowest BCUT2D eigenvalue weighted by Gasteiger charge is -2.26. The summed E-state index contributed by atoms with van der Waals surface area (Å²) in [7, 11) is 5.95. The van der Waals surface area contributed by atoms with Crippen molar-refractivity contribution in [2.75, 3.05) is 47.5 Å². The third kappa shape index (κ3) is 75.7. The molecular formula is C84H151NO8. The smallest absolute Gasteiger partial charge is 0.306 e. The van der Waals surface area contributed by atoms with E-state index in [0.29, 0.717) is 23.9 Å². The van der Waals surface area contributed by atoms with E-state index in [1.165, 1.54) is 270 Å². The van der Waals surface area contributed by atoms with Gasteiger partial charge in [-0.3, -0.25) is 9.59 Å². The maximum absolute atomic E-state index is 13.0. The number of quaternary nitrogens is 1. The largest absolute Gasteiger partial charge is 0.545 e. The number of nitrogens with zero attached hydrogens (tertiary/aromatic N) is 1. The zero-order chi connectivity index (χ0) is 67.5. The van der Waals surface area contributed by atoms with Gasteiger partial charge in [-0.05, 0) is 89.9 Å². The number of carboxylic acid groups (broad SMARTS) is 1. The van der Waals surface area contributed by atoms with Crippen molar-refractivity contribution in [3.8, 4) is 0 Å². The number of allylic oxidation sites excluding steroid dienone is 14. The van der Waals surface area contributed by atoms with Crippen LogP contribution in [0.5, 0.6) is 0 Å². The minimum absolute atomic E-state index is 0.149. The molecule has 0 aliphatic heterocycles. The summed E-state index contributed by atoms with van der Waals surface area (Å²) in [5, 5.41) is 11.9. The van der Waals surface area contributed by atoms with Gasteiger partial charge in [0.25, 0.3) is 0 Å². The Morgan fingerprint density at radius 2 is 0.613 bits per heavy atom. The van der Waals surface area contributed by atoms with Crippen molar-refractivity contribution in [2.24, 2.45) is 0 Å². The van der Waals surface area contributed by atoms with E-state index in [0.717, 1.165) is 70.6 Å². The van der Waals surface area contributed by atoms with Gasteiger partial charge in [0.2, 0.25) is 0 Å². The van der Waals surface area contributed by atoms with Crippen LogP contribution in [0.15, 0.2) is 85.1 Å². The molecule has 0 amide bonds. The highest BCUT2D eigenvalue weighted by Crippen LogP contribution is 2.19. The van der Waals surface area contributed by atoms with Crippen LogP contribution in [0.1, 0.15) is 373 Å². The van der Waals surface area contributed by atoms with E-state index in [4.69, 9.17) is 18.9 Å². The molecule has 0 bridgehead atoms. The van der Waals surface area contributed by atoms with Gasteiger partial charge in [-0.1, -0.05) is 356 Å². The Balaban J connectivity index is 3.98. The lowest BCUT2D eigenvalue weighted by atomic mass is 10.0. The molecule has 0 heterocycles. The molecule has 0 spiro atoms. The van der Waals surface area contributed by atoms with Crippen molar-refractivity contribution in [1.82, 2.24) is 0 Å². The Morgan fingerprint density at radius 3 is 0.925 bits per heavy atom. The van der Waals surface area contributed by atoms with Gasteiger partial charge in [0.15, 0.2) is 12.4 Å². The maximum Gasteiger partial charge on any atom is 0.306 e. The van der Waals surface area contributed by atoms with Crippen LogP contribution in [0.2, 0.25) is 0 Å². The third-order valence-electron chi connectivity index (χ3n) is 17.6. The number of rotatable bonds is 74. The fourth-order valence-corrected chi connectivity index (χ4v) is 11.6. The standard InChI is InChI=1S/C84H151NO8/c1-6-8-10-12-14-16-18-20-22-24-26-28-30-32-34-35-36-37-38-39-40-41-42-43-44-45-46-47-49-51-53-55-57-59-61-63-65-67-69-71-73-75-82(87)93-80(79-92-84(83(88)89)90-77-76-85(3,4)5)78-91-81(86)74-72-70-68-66-64-62-60-58-56-54-52-50-48-33-31-29-27-25-23-21-19-17-15-13-11-9-7-2/h8,10,14,16,20,22,25-28,32,34,36-37,80,84H,6-7,9,11-13,15,17-19,21,23-24,29-31,33,35,38-79H2,1-5H3/b10-8-,16-14-,22-20-,27-25-,28-26-,34-32-,37-36-. The molecule has 0 aliphatic carbocycles. The Labute approximate surface area is 576 Å². The van der Waals surface area contributed by atoms with Crippen LogP contribution in [0, 0.1) is 0 Å². The van der Waals surface area contributed by atoms with E-state index in [9.17, 15) is 19.5 Å². The first-order chi connectivity index (χ1) is 45.6. The van der Waals surface area contributed by atoms with Crippen LogP contribution < -0.4 is 5.11 Å². The average Bonchev–Trinajstić information content (AvgIpc) is 3.38. The minimum Gasteiger partial charge on any atom is -0.545 e. The van der Waals surface area contributed by atoms with Crippen molar-refractivity contribution >= 4 is 17.9 Å². The van der Waals surface area contributed by atoms with E-state index in [2.05, 4.69) is 98.9 Å². The lowest BCUT2D eigenvalue weighted by molar-refractivity contribution is -0.870. The molecule has 93 heavy (non-hydrogen) atoms. The zero-order valence-corrected chi connectivity index (χ0v) is 61.9. The van der Waals surface area contributed by atoms with E-state index in [-0.39, 0.29) is 32.2 Å². The molecule has 0 aromatic heterocycles. The second kappa shape index (κ2) is 74.3. The van der Waals surface area contributed by atoms with Crippen LogP contribution in [0.4, 0.5) is 0 Å². The van der Waals surface area contributed by atoms with Crippen LogP contribution in [-0.2, 0) is 33.3 Å². The zero-order valence-electron chi connectivity index (χ0n) is 61.9. The first-order valence-electron chi connectivity index (χ1n) is 39.7. The summed E-state index contributed by atoms with van der Waals surface area (Å²) in [6.45, 7) is 4.69. The van der Waals surface area contributed by atoms with Gasteiger partial charge in [-0.25, -0.2) is 0 Å². The average molecular weight is 1300 g/mol. The number of carbonyl (C=O) groups excluding carboxylic acids is 3. The molecule has 0 radical (unpaired) electrons. The predicted molar refractivity (Wildman–Crippen MR) is 398 cm³/mol. The summed E-state index contributed by atoms with van der Waals surface area (Å²) in [6, 6.07) is 0. The molecule has 540 valence electrons. The summed E-state index contributed by atoms with van der Waals surface area (Å²) in [5.41, 5.74) is 0. The fourth-order valence-electron chi connectivity index (χ4n) is 11.6. The highest BCUT2D eigenvalue weighted by Gasteiger charge is 2.22. The van der Waals surface area contributed by atoms with Crippen molar-refractivity contribution in [3.05, 3.63) is 85.1 Å². The first kappa shape index (κ1) is 89.5. The Hall–Kier alpha value is -3.53. The Bertz CT molecular complexity index is 1810. The van der Waals surface area contributed by atoms with Crippen LogP contribution in [0.25, 0.3) is 0 Å². The van der Waals surface area contributed by atoms with Crippen molar-refractivity contribution in [3.63, 3.8) is 0 Å². The van der Waals surface area contributed by atoms with E-state index < -0.39 is 24.3 Å². The van der Waals surface area contributed by atoms with Crippen molar-refractivity contribution in [1.29, 1.82) is 0 Å². The summed E-state index contributed by atoms with van der Waals surface area (Å²) >= 11 is 0. The quantitative estimate of drug-likeness (QED) is 0.0195. The molecule has 9 nitrogen and oxygen atoms in total. The molecule has 2 unspecified atom stereocenters. The normalized spacial score (nSPS) is 13.1. The molecule has 0 saturated heterocycles. The van der Waals surface area contributed by atoms with Gasteiger partial charge < -0.3 is 33.3 Å². The molecule has 9 heteroatoms. The molecule has 0 aromatic carbocycles. The van der Waals surface area contributed by atoms with Crippen molar-refractivity contribution in [2.45, 2.75) is 386 Å². The summed E-state index contributed by atoms with van der Waals surface area (Å²) < 4.78 is 22.9. The molecule has 0 rings (SSSR count). The second-order valence-corrected chi connectivity index (χ2v) is 28.0. The van der Waals surface area contributed by atoms with E-state index >= 15 is 0 Å². The SMILES string of the molecule is CC/C=C\C/C=C\C/C=C\C/C=C\C/C=C\C/C=C\CCCCCCCCCCCCCCCCCCCCCCCCC(=O)OC(COC(=O)CCCCCCCCCCCCCCCCC/C=C\CCCCCCCCCC)COC(OCC[N+](C)(C)C)C(=O)[O-]. The van der Waals surface area contributed by atoms with Crippen LogP contribution in [-0.4, -0.2) is 82.3 Å². The number of likely N-dealkylation sites (N-methyl/N-ethyl adjacent to an activating group) is 1. The fraction of sp³-hybridized carbons (Fsp3) is 0.798. The Kier molecular flexibility index (Phi) is 71.4. The van der Waals surface area contributed by atoms with Crippen molar-refractivity contribution < 1.29 is 42.9 Å². The lowest BCUT2D eigenvalue weighted by Crippen LogP contribution is -2.44. The third-order valence-corrected chi connectivity index (χ3v) is 17.6. The molecule has 2 atom stereocenters. The van der Waals surface area contributed by atoms with Gasteiger partial charge in [-0.2, -0.15) is 0 Å². The summed E-state index contributed by atoms with van der Waals surface area (Å²) in [4.78, 5) is 37.6. The van der Waals surface area contributed by atoms with Gasteiger partial charge in [0.1, 0.15) is 13.2 Å². The van der Waals surface area contributed by atoms with Crippen LogP contribution in [0.3, 0.4) is 0 Å². The highest BCUT2D eigenvalue weighted by atomic mass is 16.7. The highest BCUT2D eigenvalue weighted by molar-refractivity contribution is 5.70. The summed E-state index contributed by atoms with van der Waals surface area (Å²) in [6.07, 6.45) is 98.5. The molecule has 0 fully saturated rings. The molecule has 0 saturated carbocycles. The topological polar surface area (TPSA) is 111 Å². The number of esters is 2. The molecule has 0 aromatic rings. The molecular weight excluding hydrogens is 1150 g/mol. The number of hydrogen-bond acceptors (Lipinski definition) is 8. The van der Waals surface area contributed by atoms with Crippen LogP contribution >= 0.6 is 0 Å². The number of aliphatic carboxylic acids is 1.